The van der Waals surface area contributed by atoms with Crippen LogP contribution in [0.4, 0.5) is 0 Å². The van der Waals surface area contributed by atoms with Gasteiger partial charge in [0.2, 0.25) is 0 Å². The second-order valence-electron chi connectivity index (χ2n) is 4.24. The molecule has 1 aromatic rings. The monoisotopic (exact) mass is 238 g/mol. The van der Waals surface area contributed by atoms with Crippen LogP contribution in [0.1, 0.15) is 17.4 Å². The largest absolute Gasteiger partial charge is 0.477 e. The third kappa shape index (κ3) is 2.87. The summed E-state index contributed by atoms with van der Waals surface area (Å²) in [6.07, 6.45) is 1.87. The summed E-state index contributed by atoms with van der Waals surface area (Å²) in [6, 6.07) is 3.37. The Labute approximate surface area is 101 Å². The van der Waals surface area contributed by atoms with Gasteiger partial charge in [0.15, 0.2) is 0 Å². The number of hydrogen-bond donors (Lipinski definition) is 1. The quantitative estimate of drug-likeness (QED) is 0.847. The van der Waals surface area contributed by atoms with Gasteiger partial charge < -0.3 is 14.4 Å². The van der Waals surface area contributed by atoms with Crippen LogP contribution >= 0.6 is 0 Å². The van der Waals surface area contributed by atoms with Gasteiger partial charge in [-0.3, -0.25) is 4.90 Å². The molecule has 2 heterocycles. The summed E-state index contributed by atoms with van der Waals surface area (Å²) in [6.45, 7) is 6.30. The Hall–Kier alpha value is -1.33. The van der Waals surface area contributed by atoms with Crippen molar-refractivity contribution < 1.29 is 14.6 Å². The molecule has 1 aromatic heterocycles. The van der Waals surface area contributed by atoms with Crippen molar-refractivity contribution in [3.8, 4) is 0 Å². The molecule has 2 rings (SSSR count). The fraction of sp³-hybridized carbons (Fsp3) is 0.583. The van der Waals surface area contributed by atoms with E-state index >= 15 is 0 Å². The number of morpholine rings is 1. The number of carboxylic acid groups (broad SMARTS) is 1. The molecule has 0 radical (unpaired) electrons. The van der Waals surface area contributed by atoms with Gasteiger partial charge in [-0.15, -0.1) is 0 Å². The summed E-state index contributed by atoms with van der Waals surface area (Å²) >= 11 is 0. The summed E-state index contributed by atoms with van der Waals surface area (Å²) in [5.41, 5.74) is 0.322. The molecule has 1 atom stereocenters. The van der Waals surface area contributed by atoms with E-state index in [1.54, 1.807) is 22.9 Å². The van der Waals surface area contributed by atoms with Gasteiger partial charge in [-0.2, -0.15) is 0 Å². The fourth-order valence-electron chi connectivity index (χ4n) is 2.16. The normalized spacial score (nSPS) is 21.6. The van der Waals surface area contributed by atoms with Crippen LogP contribution < -0.4 is 0 Å². The van der Waals surface area contributed by atoms with Crippen LogP contribution in [0.2, 0.25) is 0 Å². The van der Waals surface area contributed by atoms with E-state index in [4.69, 9.17) is 9.84 Å². The smallest absolute Gasteiger partial charge is 0.352 e. The molecule has 0 amide bonds. The highest BCUT2D eigenvalue weighted by Crippen LogP contribution is 2.10. The number of carbonyl (C=O) groups is 1. The maximum Gasteiger partial charge on any atom is 0.352 e. The van der Waals surface area contributed by atoms with Crippen LogP contribution in [0.25, 0.3) is 0 Å². The lowest BCUT2D eigenvalue weighted by Gasteiger charge is -2.32. The zero-order valence-corrected chi connectivity index (χ0v) is 10.0. The van der Waals surface area contributed by atoms with Crippen LogP contribution in [0.5, 0.6) is 0 Å². The van der Waals surface area contributed by atoms with Crippen LogP contribution in [0.15, 0.2) is 18.3 Å². The lowest BCUT2D eigenvalue weighted by molar-refractivity contribution is -0.0345. The van der Waals surface area contributed by atoms with Gasteiger partial charge >= 0.3 is 5.97 Å². The third-order valence-corrected chi connectivity index (χ3v) is 3.12. The van der Waals surface area contributed by atoms with Gasteiger partial charge in [-0.1, -0.05) is 6.92 Å². The number of rotatable bonds is 4. The number of hydrogen-bond acceptors (Lipinski definition) is 3. The van der Waals surface area contributed by atoms with E-state index in [9.17, 15) is 4.79 Å². The molecular formula is C12H18N2O3. The number of aromatic carboxylic acids is 1. The first-order valence-corrected chi connectivity index (χ1v) is 5.93. The van der Waals surface area contributed by atoms with Crippen LogP contribution in [-0.2, 0) is 11.3 Å². The van der Waals surface area contributed by atoms with Crippen molar-refractivity contribution in [2.24, 2.45) is 0 Å². The molecule has 94 valence electrons. The molecule has 17 heavy (non-hydrogen) atoms. The number of carboxylic acids is 1. The van der Waals surface area contributed by atoms with Gasteiger partial charge in [-0.05, 0) is 18.7 Å². The topological polar surface area (TPSA) is 54.7 Å². The highest BCUT2D eigenvalue weighted by atomic mass is 16.5. The Balaban J connectivity index is 2.00. The molecule has 1 aliphatic rings. The van der Waals surface area contributed by atoms with E-state index in [0.29, 0.717) is 12.2 Å². The highest BCUT2D eigenvalue weighted by molar-refractivity contribution is 5.85. The average molecular weight is 238 g/mol. The molecule has 5 heteroatoms. The zero-order valence-electron chi connectivity index (χ0n) is 10.0. The minimum absolute atomic E-state index is 0.0780. The predicted octanol–water partition coefficient (Wildman–Crippen LogP) is 0.907. The van der Waals surface area contributed by atoms with Gasteiger partial charge in [0.1, 0.15) is 5.69 Å². The molecule has 0 aliphatic carbocycles. The Morgan fingerprint density at radius 1 is 1.65 bits per heavy atom. The predicted molar refractivity (Wildman–Crippen MR) is 63.2 cm³/mol. The molecule has 0 aromatic carbocycles. The van der Waals surface area contributed by atoms with Gasteiger partial charge in [-0.25, -0.2) is 4.79 Å². The van der Waals surface area contributed by atoms with Gasteiger partial charge in [0.05, 0.1) is 19.3 Å². The average Bonchev–Trinajstić information content (AvgIpc) is 2.77. The van der Waals surface area contributed by atoms with Crippen LogP contribution in [0, 0.1) is 0 Å². The Morgan fingerprint density at radius 3 is 3.18 bits per heavy atom. The summed E-state index contributed by atoms with van der Waals surface area (Å²) in [4.78, 5) is 13.3. The first kappa shape index (κ1) is 12.1. The molecule has 1 N–H and O–H groups in total. The minimum atomic E-state index is -0.891. The maximum atomic E-state index is 11.0. The van der Waals surface area contributed by atoms with E-state index in [1.807, 2.05) is 0 Å². The van der Waals surface area contributed by atoms with Crippen molar-refractivity contribution in [2.45, 2.75) is 19.6 Å². The fourth-order valence-corrected chi connectivity index (χ4v) is 2.16. The minimum Gasteiger partial charge on any atom is -0.477 e. The summed E-state index contributed by atoms with van der Waals surface area (Å²) in [7, 11) is 0. The lowest BCUT2D eigenvalue weighted by atomic mass is 10.2. The molecule has 1 unspecified atom stereocenters. The Bertz CT molecular complexity index is 389. The summed E-state index contributed by atoms with van der Waals surface area (Å²) in [5, 5.41) is 9.01. The molecule has 0 bridgehead atoms. The molecule has 5 nitrogen and oxygen atoms in total. The number of likely N-dealkylation sites (N-methyl/N-ethyl adjacent to an activating group) is 1. The van der Waals surface area contributed by atoms with E-state index in [2.05, 4.69) is 11.8 Å². The van der Waals surface area contributed by atoms with Gasteiger partial charge in [0.25, 0.3) is 0 Å². The van der Waals surface area contributed by atoms with Crippen molar-refractivity contribution in [2.75, 3.05) is 26.2 Å². The first-order chi connectivity index (χ1) is 8.20. The Kier molecular flexibility index (Phi) is 3.81. The molecule has 1 aliphatic heterocycles. The van der Waals surface area contributed by atoms with Crippen molar-refractivity contribution >= 4 is 5.97 Å². The maximum absolute atomic E-state index is 11.0. The van der Waals surface area contributed by atoms with E-state index in [-0.39, 0.29) is 6.10 Å². The summed E-state index contributed by atoms with van der Waals surface area (Å²) in [5.74, 6) is -0.891. The van der Waals surface area contributed by atoms with Crippen LogP contribution in [0.3, 0.4) is 0 Å². The lowest BCUT2D eigenvalue weighted by Crippen LogP contribution is -2.44. The molecule has 1 fully saturated rings. The molecule has 0 spiro atoms. The third-order valence-electron chi connectivity index (χ3n) is 3.12. The Morgan fingerprint density at radius 2 is 2.47 bits per heavy atom. The van der Waals surface area contributed by atoms with Gasteiger partial charge in [0, 0.05) is 19.3 Å². The van der Waals surface area contributed by atoms with Crippen molar-refractivity contribution in [1.82, 2.24) is 9.47 Å². The number of ether oxygens (including phenoxy) is 1. The SMILES string of the molecule is CCN1CCOC(Cn2cccc2C(=O)O)C1. The summed E-state index contributed by atoms with van der Waals surface area (Å²) < 4.78 is 7.40. The van der Waals surface area contributed by atoms with Crippen molar-refractivity contribution in [3.05, 3.63) is 24.0 Å². The second-order valence-corrected chi connectivity index (χ2v) is 4.24. The van der Waals surface area contributed by atoms with E-state index in [0.717, 1.165) is 26.2 Å². The molecular weight excluding hydrogens is 220 g/mol. The molecule has 1 saturated heterocycles. The van der Waals surface area contributed by atoms with E-state index in [1.165, 1.54) is 0 Å². The van der Waals surface area contributed by atoms with Crippen molar-refractivity contribution in [1.29, 1.82) is 0 Å². The van der Waals surface area contributed by atoms with Crippen LogP contribution in [-0.4, -0.2) is 52.9 Å². The highest BCUT2D eigenvalue weighted by Gasteiger charge is 2.21. The standard InChI is InChI=1S/C12H18N2O3/c1-2-13-6-7-17-10(8-13)9-14-5-3-4-11(14)12(15)16/h3-5,10H,2,6-9H2,1H3,(H,15,16). The molecule has 0 saturated carbocycles. The number of nitrogens with zero attached hydrogens (tertiary/aromatic N) is 2. The number of aromatic nitrogens is 1. The van der Waals surface area contributed by atoms with Crippen molar-refractivity contribution in [3.63, 3.8) is 0 Å². The second kappa shape index (κ2) is 5.33. The zero-order chi connectivity index (χ0) is 12.3. The van der Waals surface area contributed by atoms with E-state index < -0.39 is 5.97 Å². The first-order valence-electron chi connectivity index (χ1n) is 5.93.